The lowest BCUT2D eigenvalue weighted by atomic mass is 10.2. The summed E-state index contributed by atoms with van der Waals surface area (Å²) in [6, 6.07) is 12.2. The van der Waals surface area contributed by atoms with Crippen molar-refractivity contribution in [3.63, 3.8) is 0 Å². The molecular formula is C19H22N6O. The van der Waals surface area contributed by atoms with Crippen molar-refractivity contribution >= 4 is 5.82 Å². The zero-order valence-electron chi connectivity index (χ0n) is 14.8. The molecule has 1 aliphatic rings. The average molecular weight is 350 g/mol. The Labute approximate surface area is 152 Å². The van der Waals surface area contributed by atoms with Gasteiger partial charge in [-0.1, -0.05) is 12.1 Å². The Hall–Kier alpha value is -2.93. The molecule has 3 aromatic rings. The summed E-state index contributed by atoms with van der Waals surface area (Å²) in [7, 11) is 1.71. The zero-order valence-corrected chi connectivity index (χ0v) is 14.8. The maximum absolute atomic E-state index is 5.31. The van der Waals surface area contributed by atoms with Gasteiger partial charge in [0, 0.05) is 51.2 Å². The number of piperazine rings is 1. The number of aromatic nitrogens is 4. The van der Waals surface area contributed by atoms with Gasteiger partial charge in [-0.3, -0.25) is 4.90 Å². The van der Waals surface area contributed by atoms with E-state index in [2.05, 4.69) is 37.0 Å². The van der Waals surface area contributed by atoms with E-state index in [9.17, 15) is 0 Å². The van der Waals surface area contributed by atoms with Gasteiger partial charge in [-0.2, -0.15) is 5.10 Å². The minimum Gasteiger partial charge on any atom is -0.497 e. The summed E-state index contributed by atoms with van der Waals surface area (Å²) >= 11 is 0. The quantitative estimate of drug-likeness (QED) is 0.701. The van der Waals surface area contributed by atoms with Gasteiger partial charge in [0.1, 0.15) is 17.9 Å². The lowest BCUT2D eigenvalue weighted by Gasteiger charge is -2.35. The summed E-state index contributed by atoms with van der Waals surface area (Å²) in [5.74, 6) is 2.65. The molecule has 0 radical (unpaired) electrons. The second-order valence-corrected chi connectivity index (χ2v) is 6.30. The number of rotatable bonds is 5. The van der Waals surface area contributed by atoms with E-state index in [0.29, 0.717) is 0 Å². The van der Waals surface area contributed by atoms with Gasteiger partial charge in [-0.15, -0.1) is 0 Å². The van der Waals surface area contributed by atoms with E-state index in [0.717, 1.165) is 50.1 Å². The molecule has 1 saturated heterocycles. The molecule has 0 saturated carbocycles. The van der Waals surface area contributed by atoms with Gasteiger partial charge in [-0.05, 0) is 23.8 Å². The second-order valence-electron chi connectivity index (χ2n) is 6.30. The van der Waals surface area contributed by atoms with Crippen molar-refractivity contribution in [2.75, 3.05) is 38.2 Å². The van der Waals surface area contributed by atoms with E-state index < -0.39 is 0 Å². The maximum Gasteiger partial charge on any atom is 0.158 e. The highest BCUT2D eigenvalue weighted by Gasteiger charge is 2.19. The number of ether oxygens (including phenoxy) is 1. The highest BCUT2D eigenvalue weighted by Crippen LogP contribution is 2.18. The predicted molar refractivity (Wildman–Crippen MR) is 99.6 cm³/mol. The van der Waals surface area contributed by atoms with Crippen LogP contribution >= 0.6 is 0 Å². The molecule has 7 heteroatoms. The molecule has 2 aromatic heterocycles. The first kappa shape index (κ1) is 16.5. The minimum absolute atomic E-state index is 0.791. The smallest absolute Gasteiger partial charge is 0.158 e. The minimum atomic E-state index is 0.791. The molecule has 3 heterocycles. The van der Waals surface area contributed by atoms with Gasteiger partial charge in [0.2, 0.25) is 0 Å². The number of nitrogens with zero attached hydrogens (tertiary/aromatic N) is 6. The van der Waals surface area contributed by atoms with E-state index in [4.69, 9.17) is 4.74 Å². The Kier molecular flexibility index (Phi) is 4.79. The normalized spacial score (nSPS) is 15.2. The SMILES string of the molecule is COc1cccc(CN2CCN(c3cc(-n4cccn4)ncn3)CC2)c1. The van der Waals surface area contributed by atoms with Gasteiger partial charge in [0.05, 0.1) is 7.11 Å². The van der Waals surface area contributed by atoms with Gasteiger partial charge >= 0.3 is 0 Å². The van der Waals surface area contributed by atoms with E-state index in [1.807, 2.05) is 30.5 Å². The first-order valence-electron chi connectivity index (χ1n) is 8.74. The van der Waals surface area contributed by atoms with Crippen LogP contribution in [0.2, 0.25) is 0 Å². The third-order valence-corrected chi connectivity index (χ3v) is 4.61. The lowest BCUT2D eigenvalue weighted by molar-refractivity contribution is 0.249. The first-order valence-corrected chi connectivity index (χ1v) is 8.74. The lowest BCUT2D eigenvalue weighted by Crippen LogP contribution is -2.46. The Morgan fingerprint density at radius 2 is 1.85 bits per heavy atom. The molecule has 7 nitrogen and oxygen atoms in total. The molecule has 0 N–H and O–H groups in total. The fourth-order valence-corrected chi connectivity index (χ4v) is 3.20. The van der Waals surface area contributed by atoms with Crippen molar-refractivity contribution in [3.8, 4) is 11.6 Å². The van der Waals surface area contributed by atoms with Gasteiger partial charge in [-0.25, -0.2) is 14.6 Å². The van der Waals surface area contributed by atoms with Crippen molar-refractivity contribution in [2.24, 2.45) is 0 Å². The molecule has 0 aliphatic carbocycles. The van der Waals surface area contributed by atoms with Gasteiger partial charge < -0.3 is 9.64 Å². The van der Waals surface area contributed by atoms with Crippen LogP contribution in [0.1, 0.15) is 5.56 Å². The van der Waals surface area contributed by atoms with E-state index in [1.165, 1.54) is 5.56 Å². The van der Waals surface area contributed by atoms with Crippen molar-refractivity contribution in [3.05, 3.63) is 60.7 Å². The van der Waals surface area contributed by atoms with Crippen LogP contribution in [0.3, 0.4) is 0 Å². The van der Waals surface area contributed by atoms with Gasteiger partial charge in [0.25, 0.3) is 0 Å². The van der Waals surface area contributed by atoms with Crippen LogP contribution in [-0.2, 0) is 6.54 Å². The van der Waals surface area contributed by atoms with Crippen LogP contribution in [0.5, 0.6) is 5.75 Å². The van der Waals surface area contributed by atoms with Crippen LogP contribution < -0.4 is 9.64 Å². The Morgan fingerprint density at radius 1 is 1.00 bits per heavy atom. The fourth-order valence-electron chi connectivity index (χ4n) is 3.20. The molecule has 1 aromatic carbocycles. The number of hydrogen-bond donors (Lipinski definition) is 0. The monoisotopic (exact) mass is 350 g/mol. The van der Waals surface area contributed by atoms with Crippen LogP contribution in [0.15, 0.2) is 55.1 Å². The highest BCUT2D eigenvalue weighted by atomic mass is 16.5. The molecular weight excluding hydrogens is 328 g/mol. The van der Waals surface area contributed by atoms with Crippen LogP contribution in [0.25, 0.3) is 5.82 Å². The molecule has 0 unspecified atom stereocenters. The van der Waals surface area contributed by atoms with Crippen LogP contribution in [0.4, 0.5) is 5.82 Å². The third-order valence-electron chi connectivity index (χ3n) is 4.61. The molecule has 1 fully saturated rings. The second kappa shape index (κ2) is 7.53. The Morgan fingerprint density at radius 3 is 2.62 bits per heavy atom. The van der Waals surface area contributed by atoms with Crippen molar-refractivity contribution in [1.82, 2.24) is 24.6 Å². The number of methoxy groups -OCH3 is 1. The van der Waals surface area contributed by atoms with Gasteiger partial charge in [0.15, 0.2) is 5.82 Å². The Balaban J connectivity index is 1.38. The summed E-state index contributed by atoms with van der Waals surface area (Å²) in [6.07, 6.45) is 5.24. The summed E-state index contributed by atoms with van der Waals surface area (Å²) < 4.78 is 7.07. The summed E-state index contributed by atoms with van der Waals surface area (Å²) in [4.78, 5) is 13.5. The fraction of sp³-hybridized carbons (Fsp3) is 0.316. The number of hydrogen-bond acceptors (Lipinski definition) is 6. The molecule has 0 atom stereocenters. The molecule has 1 aliphatic heterocycles. The van der Waals surface area contributed by atoms with E-state index in [-0.39, 0.29) is 0 Å². The maximum atomic E-state index is 5.31. The predicted octanol–water partition coefficient (Wildman–Crippen LogP) is 1.99. The van der Waals surface area contributed by atoms with Crippen LogP contribution in [-0.4, -0.2) is 57.9 Å². The number of anilines is 1. The Bertz CT molecular complexity index is 843. The zero-order chi connectivity index (χ0) is 17.8. The molecule has 0 bridgehead atoms. The first-order chi connectivity index (χ1) is 12.8. The van der Waals surface area contributed by atoms with Crippen LogP contribution in [0, 0.1) is 0 Å². The van der Waals surface area contributed by atoms with E-state index in [1.54, 1.807) is 24.3 Å². The summed E-state index contributed by atoms with van der Waals surface area (Å²) in [5.41, 5.74) is 1.28. The third kappa shape index (κ3) is 3.67. The highest BCUT2D eigenvalue weighted by molar-refractivity contribution is 5.43. The molecule has 0 spiro atoms. The average Bonchev–Trinajstić information content (AvgIpc) is 3.24. The molecule has 4 rings (SSSR count). The van der Waals surface area contributed by atoms with Crippen molar-refractivity contribution < 1.29 is 4.74 Å². The topological polar surface area (TPSA) is 59.3 Å². The van der Waals surface area contributed by atoms with Crippen molar-refractivity contribution in [2.45, 2.75) is 6.54 Å². The summed E-state index contributed by atoms with van der Waals surface area (Å²) in [6.45, 7) is 4.82. The number of benzene rings is 1. The molecule has 26 heavy (non-hydrogen) atoms. The molecule has 134 valence electrons. The molecule has 0 amide bonds. The standard InChI is InChI=1S/C19H22N6O/c1-26-17-5-2-4-16(12-17)14-23-8-10-24(11-9-23)18-13-19(21-15-20-18)25-7-3-6-22-25/h2-7,12-13,15H,8-11,14H2,1H3. The largest absolute Gasteiger partial charge is 0.497 e. The van der Waals surface area contributed by atoms with Crippen molar-refractivity contribution in [1.29, 1.82) is 0 Å². The van der Waals surface area contributed by atoms with E-state index >= 15 is 0 Å². The summed E-state index contributed by atoms with van der Waals surface area (Å²) in [5, 5.41) is 4.24.